The number of nitrogens with one attached hydrogen (secondary N) is 1. The Morgan fingerprint density at radius 3 is 2.74 bits per heavy atom. The van der Waals surface area contributed by atoms with Crippen LogP contribution in [0.5, 0.6) is 0 Å². The van der Waals surface area contributed by atoms with E-state index in [2.05, 4.69) is 34.8 Å². The monoisotopic (exact) mass is 255 g/mol. The molecule has 4 heteroatoms. The van der Waals surface area contributed by atoms with Gasteiger partial charge in [-0.25, -0.2) is 4.98 Å². The molecule has 1 aliphatic rings. The third kappa shape index (κ3) is 1.75. The van der Waals surface area contributed by atoms with E-state index in [-0.39, 0.29) is 5.91 Å². The van der Waals surface area contributed by atoms with Gasteiger partial charge in [-0.15, -0.1) is 0 Å². The quantitative estimate of drug-likeness (QED) is 0.896. The molecule has 0 radical (unpaired) electrons. The molecule has 0 bridgehead atoms. The molecule has 1 N–H and O–H groups in total. The Bertz CT molecular complexity index is 655. The molecule has 1 amide bonds. The zero-order chi connectivity index (χ0) is 13.6. The Balaban J connectivity index is 2.16. The average Bonchev–Trinajstić information content (AvgIpc) is 2.94. The molecule has 3 rings (SSSR count). The minimum absolute atomic E-state index is 0.0168. The smallest absolute Gasteiger partial charge is 0.251 e. The van der Waals surface area contributed by atoms with E-state index in [0.29, 0.717) is 12.5 Å². The maximum atomic E-state index is 11.7. The first-order chi connectivity index (χ1) is 9.09. The third-order valence-electron chi connectivity index (χ3n) is 3.66. The summed E-state index contributed by atoms with van der Waals surface area (Å²) in [6, 6.07) is 5.86. The van der Waals surface area contributed by atoms with Gasteiger partial charge in [-0.05, 0) is 11.6 Å². The number of hydrogen-bond donors (Lipinski definition) is 1. The van der Waals surface area contributed by atoms with E-state index in [4.69, 9.17) is 0 Å². The lowest BCUT2D eigenvalue weighted by atomic mass is 10.0. The van der Waals surface area contributed by atoms with Crippen LogP contribution < -0.4 is 5.32 Å². The van der Waals surface area contributed by atoms with Gasteiger partial charge in [0, 0.05) is 30.6 Å². The standard InChI is InChI=1S/C15H17N3O/c1-9(2)14-16-8-13(18(14)3)10-5-4-6-11-12(10)7-17-15(11)19/h4-6,8-9H,7H2,1-3H3,(H,17,19). The molecule has 0 saturated carbocycles. The molecule has 0 spiro atoms. The highest BCUT2D eigenvalue weighted by Gasteiger charge is 2.23. The van der Waals surface area contributed by atoms with Gasteiger partial charge in [0.25, 0.3) is 5.91 Å². The Hall–Kier alpha value is -2.10. The van der Waals surface area contributed by atoms with Gasteiger partial charge in [-0.3, -0.25) is 4.79 Å². The van der Waals surface area contributed by atoms with Crippen molar-refractivity contribution >= 4 is 5.91 Å². The summed E-state index contributed by atoms with van der Waals surface area (Å²) in [6.45, 7) is 4.87. The number of carbonyl (C=O) groups is 1. The minimum Gasteiger partial charge on any atom is -0.348 e. The normalized spacial score (nSPS) is 13.8. The number of nitrogens with zero attached hydrogens (tertiary/aromatic N) is 2. The van der Waals surface area contributed by atoms with Crippen LogP contribution in [0.15, 0.2) is 24.4 Å². The van der Waals surface area contributed by atoms with Gasteiger partial charge >= 0.3 is 0 Å². The van der Waals surface area contributed by atoms with Crippen molar-refractivity contribution in [2.75, 3.05) is 0 Å². The molecule has 1 aromatic heterocycles. The van der Waals surface area contributed by atoms with Crippen LogP contribution in [0.2, 0.25) is 0 Å². The molecule has 1 aliphatic heterocycles. The lowest BCUT2D eigenvalue weighted by Gasteiger charge is -2.10. The van der Waals surface area contributed by atoms with Gasteiger partial charge in [0.15, 0.2) is 0 Å². The molecule has 0 atom stereocenters. The third-order valence-corrected chi connectivity index (χ3v) is 3.66. The topological polar surface area (TPSA) is 46.9 Å². The van der Waals surface area contributed by atoms with E-state index >= 15 is 0 Å². The van der Waals surface area contributed by atoms with E-state index in [9.17, 15) is 4.79 Å². The maximum absolute atomic E-state index is 11.7. The lowest BCUT2D eigenvalue weighted by molar-refractivity contribution is 0.0966. The van der Waals surface area contributed by atoms with Gasteiger partial charge in [-0.2, -0.15) is 0 Å². The number of fused-ring (bicyclic) bond motifs is 1. The summed E-state index contributed by atoms with van der Waals surface area (Å²) >= 11 is 0. The maximum Gasteiger partial charge on any atom is 0.251 e. The number of imidazole rings is 1. The molecular formula is C15H17N3O. The fourth-order valence-corrected chi connectivity index (χ4v) is 2.70. The van der Waals surface area contributed by atoms with Crippen LogP contribution in [0.25, 0.3) is 11.3 Å². The number of amides is 1. The molecular weight excluding hydrogens is 238 g/mol. The van der Waals surface area contributed by atoms with Crippen molar-refractivity contribution in [2.24, 2.45) is 7.05 Å². The van der Waals surface area contributed by atoms with Gasteiger partial charge in [0.1, 0.15) is 5.82 Å². The largest absolute Gasteiger partial charge is 0.348 e. The molecule has 0 aliphatic carbocycles. The SMILES string of the molecule is CC(C)c1ncc(-c2cccc3c2CNC3=O)n1C. The highest BCUT2D eigenvalue weighted by molar-refractivity contribution is 6.00. The fourth-order valence-electron chi connectivity index (χ4n) is 2.70. The van der Waals surface area contributed by atoms with Gasteiger partial charge in [-0.1, -0.05) is 26.0 Å². The second kappa shape index (κ2) is 4.23. The first kappa shape index (κ1) is 12.0. The van der Waals surface area contributed by atoms with Crippen molar-refractivity contribution < 1.29 is 4.79 Å². The summed E-state index contributed by atoms with van der Waals surface area (Å²) in [6.07, 6.45) is 1.90. The summed E-state index contributed by atoms with van der Waals surface area (Å²) in [7, 11) is 2.03. The average molecular weight is 255 g/mol. The first-order valence-corrected chi connectivity index (χ1v) is 6.51. The minimum atomic E-state index is 0.0168. The van der Waals surface area contributed by atoms with E-state index in [1.807, 2.05) is 25.4 Å². The van der Waals surface area contributed by atoms with E-state index in [0.717, 1.165) is 28.2 Å². The van der Waals surface area contributed by atoms with Crippen LogP contribution in [-0.4, -0.2) is 15.5 Å². The van der Waals surface area contributed by atoms with E-state index in [1.54, 1.807) is 0 Å². The molecule has 0 unspecified atom stereocenters. The van der Waals surface area contributed by atoms with Crippen LogP contribution in [0.4, 0.5) is 0 Å². The van der Waals surface area contributed by atoms with Gasteiger partial charge < -0.3 is 9.88 Å². The summed E-state index contributed by atoms with van der Waals surface area (Å²) in [4.78, 5) is 16.2. The van der Waals surface area contributed by atoms with Crippen molar-refractivity contribution in [3.63, 3.8) is 0 Å². The Morgan fingerprint density at radius 1 is 1.32 bits per heavy atom. The van der Waals surface area contributed by atoms with Crippen LogP contribution in [0.1, 0.15) is 41.5 Å². The second-order valence-corrected chi connectivity index (χ2v) is 5.23. The van der Waals surface area contributed by atoms with Crippen molar-refractivity contribution in [3.05, 3.63) is 41.3 Å². The summed E-state index contributed by atoms with van der Waals surface area (Å²) in [5.41, 5.74) is 4.02. The number of aromatic nitrogens is 2. The molecule has 0 fully saturated rings. The van der Waals surface area contributed by atoms with Crippen LogP contribution >= 0.6 is 0 Å². The zero-order valence-corrected chi connectivity index (χ0v) is 11.4. The fraction of sp³-hybridized carbons (Fsp3) is 0.333. The van der Waals surface area contributed by atoms with Crippen LogP contribution in [-0.2, 0) is 13.6 Å². The predicted molar refractivity (Wildman–Crippen MR) is 73.9 cm³/mol. The number of hydrogen-bond acceptors (Lipinski definition) is 2. The lowest BCUT2D eigenvalue weighted by Crippen LogP contribution is -2.12. The molecule has 98 valence electrons. The van der Waals surface area contributed by atoms with E-state index in [1.165, 1.54) is 0 Å². The number of benzene rings is 1. The second-order valence-electron chi connectivity index (χ2n) is 5.23. The molecule has 4 nitrogen and oxygen atoms in total. The summed E-state index contributed by atoms with van der Waals surface area (Å²) in [5.74, 6) is 1.46. The molecule has 2 aromatic rings. The molecule has 2 heterocycles. The van der Waals surface area contributed by atoms with Crippen molar-refractivity contribution in [1.29, 1.82) is 0 Å². The number of carbonyl (C=O) groups excluding carboxylic acids is 1. The van der Waals surface area contributed by atoms with Crippen LogP contribution in [0.3, 0.4) is 0 Å². The van der Waals surface area contributed by atoms with Gasteiger partial charge in [0.2, 0.25) is 0 Å². The summed E-state index contributed by atoms with van der Waals surface area (Å²) < 4.78 is 2.11. The predicted octanol–water partition coefficient (Wildman–Crippen LogP) is 2.45. The van der Waals surface area contributed by atoms with Crippen molar-refractivity contribution in [3.8, 4) is 11.3 Å². The Morgan fingerprint density at radius 2 is 2.05 bits per heavy atom. The summed E-state index contributed by atoms with van der Waals surface area (Å²) in [5, 5.41) is 2.88. The van der Waals surface area contributed by atoms with Crippen molar-refractivity contribution in [2.45, 2.75) is 26.3 Å². The first-order valence-electron chi connectivity index (χ1n) is 6.51. The van der Waals surface area contributed by atoms with Gasteiger partial charge in [0.05, 0.1) is 11.9 Å². The Labute approximate surface area is 112 Å². The number of rotatable bonds is 2. The highest BCUT2D eigenvalue weighted by atomic mass is 16.1. The van der Waals surface area contributed by atoms with Crippen LogP contribution in [0, 0.1) is 0 Å². The Kier molecular flexibility index (Phi) is 2.66. The molecule has 1 aromatic carbocycles. The molecule has 0 saturated heterocycles. The zero-order valence-electron chi connectivity index (χ0n) is 11.4. The van der Waals surface area contributed by atoms with Crippen molar-refractivity contribution in [1.82, 2.24) is 14.9 Å². The highest BCUT2D eigenvalue weighted by Crippen LogP contribution is 2.30. The van der Waals surface area contributed by atoms with E-state index < -0.39 is 0 Å². The molecule has 19 heavy (non-hydrogen) atoms.